The van der Waals surface area contributed by atoms with Gasteiger partial charge < -0.3 is 28.5 Å². The molecule has 0 saturated heterocycles. The molecule has 25 rings (SSSR count). The number of anilines is 5. The van der Waals surface area contributed by atoms with Crippen molar-refractivity contribution in [3.8, 4) is 78.6 Å². The Labute approximate surface area is 696 Å². The van der Waals surface area contributed by atoms with Gasteiger partial charge in [-0.25, -0.2) is 0 Å². The average molecular weight is 1590 g/mol. The molecule has 4 heterocycles. The molecule has 6 nitrogen and oxygen atoms in total. The molecule has 0 bridgehead atoms. The molecule has 0 radical (unpaired) electrons. The van der Waals surface area contributed by atoms with Crippen molar-refractivity contribution < 1.29 is 18.3 Å². The van der Waals surface area contributed by atoms with Gasteiger partial charge in [-0.15, -0.1) is 0 Å². The predicted molar refractivity (Wildman–Crippen MR) is 492 cm³/mol. The zero-order valence-electron chi connectivity index (χ0n) is 64.4. The van der Waals surface area contributed by atoms with Crippen LogP contribution in [0, 0.1) is 0 Å². The van der Waals surface area contributed by atoms with Crippen molar-refractivity contribution in [2.75, 3.05) is 10.2 Å². The standard InChI is InChI=1S/C53H33NO2.C30H21NO.C29H17BrO/c1-2-12-34(13-3-1)35-22-25-37(26-23-35)54(38-28-31-49-43(32-38)41-16-6-9-19-48(41)55-49)39-27-29-42-47(33-39)53(46-30-24-36-14-4-5-15-40(36)52(42)46)44-17-7-10-20-50(44)56-51-21-11-8-18-45(51)53;1-2-7-21(8-3-1)22-13-17-24(18-14-22)31-25-19-15-23(16-20-25)26-10-6-11-28-27-9-4-5-12-29(27)32-30(26)28;30-19-14-15-21-25(17-19)29(24-16-13-18-7-1-2-8-20(18)28(21)24)22-9-3-5-11-26(22)31-27-12-6-4-10-23(27)29/h1-33H;1-20,31H;1-17H. The van der Waals surface area contributed by atoms with Gasteiger partial charge in [0, 0.05) is 82.3 Å². The molecule has 0 unspecified atom stereocenters. The Morgan fingerprint density at radius 2 is 0.630 bits per heavy atom. The number of benzene rings is 19. The third kappa shape index (κ3) is 11.2. The van der Waals surface area contributed by atoms with E-state index >= 15 is 0 Å². The second-order valence-electron chi connectivity index (χ2n) is 31.0. The van der Waals surface area contributed by atoms with Crippen molar-refractivity contribution >= 4 is 110 Å². The molecule has 4 aliphatic rings. The van der Waals surface area contributed by atoms with Crippen LogP contribution in [0.1, 0.15) is 44.5 Å². The molecule has 560 valence electrons. The highest BCUT2D eigenvalue weighted by atomic mass is 79.9. The first-order chi connectivity index (χ1) is 58.9. The molecule has 119 heavy (non-hydrogen) atoms. The van der Waals surface area contributed by atoms with Gasteiger partial charge in [-0.1, -0.05) is 325 Å². The van der Waals surface area contributed by atoms with Gasteiger partial charge in [-0.3, -0.25) is 0 Å². The molecule has 0 fully saturated rings. The minimum atomic E-state index is -0.607. The lowest BCUT2D eigenvalue weighted by molar-refractivity contribution is 0.436. The number of para-hydroxylation sites is 7. The maximum Gasteiger partial charge on any atom is 0.143 e. The summed E-state index contributed by atoms with van der Waals surface area (Å²) in [6.45, 7) is 0. The summed E-state index contributed by atoms with van der Waals surface area (Å²) in [4.78, 5) is 2.39. The van der Waals surface area contributed by atoms with Crippen LogP contribution in [0.25, 0.3) is 121 Å². The largest absolute Gasteiger partial charge is 0.457 e. The fourth-order valence-corrected chi connectivity index (χ4v) is 19.8. The summed E-state index contributed by atoms with van der Waals surface area (Å²) >= 11 is 3.76. The van der Waals surface area contributed by atoms with Crippen molar-refractivity contribution in [2.24, 2.45) is 0 Å². The second-order valence-corrected chi connectivity index (χ2v) is 31.9. The van der Waals surface area contributed by atoms with E-state index in [0.717, 1.165) is 122 Å². The molecular weight excluding hydrogens is 1520 g/mol. The first kappa shape index (κ1) is 69.5. The number of nitrogens with zero attached hydrogens (tertiary/aromatic N) is 1. The Bertz CT molecular complexity index is 7510. The summed E-state index contributed by atoms with van der Waals surface area (Å²) in [7, 11) is 0. The molecular formula is C112H71BrN2O4. The third-order valence-corrected chi connectivity index (χ3v) is 25.1. The number of hydrogen-bond acceptors (Lipinski definition) is 6. The molecule has 0 amide bonds. The van der Waals surface area contributed by atoms with E-state index in [2.05, 4.69) is 420 Å². The normalized spacial score (nSPS) is 13.0. The van der Waals surface area contributed by atoms with Gasteiger partial charge in [0.25, 0.3) is 0 Å². The van der Waals surface area contributed by atoms with Crippen LogP contribution in [0.4, 0.5) is 28.4 Å². The second kappa shape index (κ2) is 28.2. The highest BCUT2D eigenvalue weighted by molar-refractivity contribution is 9.10. The quantitative estimate of drug-likeness (QED) is 0.164. The van der Waals surface area contributed by atoms with E-state index in [1.54, 1.807) is 0 Å². The first-order valence-electron chi connectivity index (χ1n) is 40.4. The molecule has 19 aromatic carbocycles. The fourth-order valence-electron chi connectivity index (χ4n) is 19.4. The molecule has 0 saturated carbocycles. The van der Waals surface area contributed by atoms with Crippen LogP contribution in [0.15, 0.2) is 438 Å². The van der Waals surface area contributed by atoms with Gasteiger partial charge in [0.2, 0.25) is 0 Å². The number of ether oxygens (including phenoxy) is 2. The maximum atomic E-state index is 6.69. The predicted octanol–water partition coefficient (Wildman–Crippen LogP) is 31.1. The Kier molecular flexibility index (Phi) is 16.4. The molecule has 2 spiro atoms. The van der Waals surface area contributed by atoms with Gasteiger partial charge in [0.1, 0.15) is 45.3 Å². The minimum Gasteiger partial charge on any atom is -0.457 e. The Morgan fingerprint density at radius 1 is 0.235 bits per heavy atom. The number of hydrogen-bond donors (Lipinski definition) is 1. The SMILES string of the molecule is Brc1ccc2c(c1)C1(c3ccccc3Oc3ccccc31)c1ccc3ccccc3c1-2.c1ccc(-c2ccc(N(c3ccc4c(c3)C3(c5ccccc5Oc5ccccc53)c3ccc5ccccc5c3-4)c3ccc4oc5ccccc5c4c3)cc2)cc1.c1ccc(-c2ccc(Nc3ccc(-c4cccc5c4oc4ccccc45)cc3)cc2)cc1. The molecule has 7 heteroatoms. The van der Waals surface area contributed by atoms with Crippen molar-refractivity contribution in [2.45, 2.75) is 10.8 Å². The van der Waals surface area contributed by atoms with E-state index in [4.69, 9.17) is 18.3 Å². The van der Waals surface area contributed by atoms with E-state index in [1.807, 2.05) is 30.3 Å². The van der Waals surface area contributed by atoms with Crippen LogP contribution in [0.5, 0.6) is 23.0 Å². The van der Waals surface area contributed by atoms with E-state index < -0.39 is 10.8 Å². The number of halogens is 1. The lowest BCUT2D eigenvalue weighted by atomic mass is 9.66. The van der Waals surface area contributed by atoms with Crippen LogP contribution in [0.3, 0.4) is 0 Å². The van der Waals surface area contributed by atoms with Crippen molar-refractivity contribution in [3.05, 3.63) is 474 Å². The topological polar surface area (TPSA) is 60.0 Å². The monoisotopic (exact) mass is 1590 g/mol. The van der Waals surface area contributed by atoms with Crippen LogP contribution in [-0.4, -0.2) is 0 Å². The zero-order chi connectivity index (χ0) is 78.7. The Morgan fingerprint density at radius 3 is 1.18 bits per heavy atom. The number of nitrogens with one attached hydrogen (secondary N) is 1. The van der Waals surface area contributed by atoms with E-state index in [0.29, 0.717) is 0 Å². The summed E-state index contributed by atoms with van der Waals surface area (Å²) < 4.78 is 26.7. The lowest BCUT2D eigenvalue weighted by Gasteiger charge is -2.39. The molecule has 2 aliphatic carbocycles. The number of rotatable bonds is 8. The first-order valence-corrected chi connectivity index (χ1v) is 41.2. The van der Waals surface area contributed by atoms with Gasteiger partial charge in [0.15, 0.2) is 0 Å². The number of furan rings is 2. The van der Waals surface area contributed by atoms with Crippen LogP contribution >= 0.6 is 15.9 Å². The van der Waals surface area contributed by atoms with Crippen LogP contribution in [-0.2, 0) is 10.8 Å². The maximum absolute atomic E-state index is 6.69. The van der Waals surface area contributed by atoms with Gasteiger partial charge in [-0.05, 0) is 209 Å². The van der Waals surface area contributed by atoms with Gasteiger partial charge >= 0.3 is 0 Å². The summed E-state index contributed by atoms with van der Waals surface area (Å²) in [5.74, 6) is 3.62. The van der Waals surface area contributed by atoms with Crippen molar-refractivity contribution in [1.29, 1.82) is 0 Å². The molecule has 2 aliphatic heterocycles. The van der Waals surface area contributed by atoms with Gasteiger partial charge in [0.05, 0.1) is 10.8 Å². The smallest absolute Gasteiger partial charge is 0.143 e. The van der Waals surface area contributed by atoms with Crippen molar-refractivity contribution in [3.63, 3.8) is 0 Å². The Hall–Kier alpha value is -15.0. The summed E-state index contributed by atoms with van der Waals surface area (Å²) in [6.07, 6.45) is 0. The highest BCUT2D eigenvalue weighted by Gasteiger charge is 2.53. The van der Waals surface area contributed by atoms with E-state index in [-0.39, 0.29) is 0 Å². The molecule has 21 aromatic rings. The highest BCUT2D eigenvalue weighted by Crippen LogP contribution is 2.66. The number of fused-ring (bicyclic) bond motifs is 28. The van der Waals surface area contributed by atoms with Crippen LogP contribution in [0.2, 0.25) is 0 Å². The zero-order valence-corrected chi connectivity index (χ0v) is 66.0. The average Bonchev–Trinajstić information content (AvgIpc) is 1.53. The van der Waals surface area contributed by atoms with E-state index in [1.165, 1.54) is 99.4 Å². The third-order valence-electron chi connectivity index (χ3n) is 24.6. The van der Waals surface area contributed by atoms with Gasteiger partial charge in [-0.2, -0.15) is 0 Å². The van der Waals surface area contributed by atoms with Crippen molar-refractivity contribution in [1.82, 2.24) is 0 Å². The summed E-state index contributed by atoms with van der Waals surface area (Å²) in [5.41, 5.74) is 29.9. The summed E-state index contributed by atoms with van der Waals surface area (Å²) in [6, 6.07) is 151. The minimum absolute atomic E-state index is 0.413. The van der Waals surface area contributed by atoms with Crippen LogP contribution < -0.4 is 19.7 Å². The summed E-state index contributed by atoms with van der Waals surface area (Å²) in [5, 5.41) is 13.0. The molecule has 1 N–H and O–H groups in total. The fraction of sp³-hybridized carbons (Fsp3) is 0.0179. The molecule has 0 atom stereocenters. The lowest BCUT2D eigenvalue weighted by Crippen LogP contribution is -2.32. The molecule has 2 aromatic heterocycles. The Balaban J connectivity index is 0.000000112. The van der Waals surface area contributed by atoms with E-state index in [9.17, 15) is 0 Å².